The molecular weight excluding hydrogens is 568 g/mol. The Labute approximate surface area is 251 Å². The second-order valence-electron chi connectivity index (χ2n) is 12.2. The van der Waals surface area contributed by atoms with Gasteiger partial charge in [0.2, 0.25) is 0 Å². The summed E-state index contributed by atoms with van der Waals surface area (Å²) in [5, 5.41) is 2.38. The fraction of sp³-hybridized carbons (Fsp3) is 0.216. The van der Waals surface area contributed by atoms with Gasteiger partial charge in [-0.05, 0) is 76.9 Å². The monoisotopic (exact) mass is 602 g/mol. The van der Waals surface area contributed by atoms with Crippen molar-refractivity contribution < 1.29 is 4.74 Å². The molecule has 0 aliphatic heterocycles. The molecule has 0 radical (unpaired) electrons. The SMILES string of the molecule is CC(C)Cc1cc(-n2c3ccccc3c3ccc(Oc4cccc(Br)c4)cc32)ncc1-c1ccc(C(C)(C)C)cc1. The van der Waals surface area contributed by atoms with Gasteiger partial charge in [-0.2, -0.15) is 0 Å². The van der Waals surface area contributed by atoms with E-state index in [0.29, 0.717) is 5.92 Å². The Kier molecular flexibility index (Phi) is 7.21. The molecule has 0 aliphatic rings. The number of ether oxygens (including phenoxy) is 1. The highest BCUT2D eigenvalue weighted by atomic mass is 79.9. The lowest BCUT2D eigenvalue weighted by Gasteiger charge is -2.20. The summed E-state index contributed by atoms with van der Waals surface area (Å²) < 4.78 is 9.54. The lowest BCUT2D eigenvalue weighted by molar-refractivity contribution is 0.483. The van der Waals surface area contributed by atoms with Crippen molar-refractivity contribution in [3.8, 4) is 28.4 Å². The van der Waals surface area contributed by atoms with Crippen LogP contribution in [0.25, 0.3) is 38.8 Å². The second-order valence-corrected chi connectivity index (χ2v) is 13.1. The number of aromatic nitrogens is 2. The third kappa shape index (κ3) is 5.54. The van der Waals surface area contributed by atoms with Gasteiger partial charge in [0.15, 0.2) is 0 Å². The van der Waals surface area contributed by atoms with E-state index >= 15 is 0 Å². The maximum Gasteiger partial charge on any atom is 0.137 e. The lowest BCUT2D eigenvalue weighted by atomic mass is 9.86. The quantitative estimate of drug-likeness (QED) is 0.189. The van der Waals surface area contributed by atoms with Gasteiger partial charge >= 0.3 is 0 Å². The minimum atomic E-state index is 0.123. The van der Waals surface area contributed by atoms with E-state index in [2.05, 4.69) is 128 Å². The molecule has 2 aromatic heterocycles. The number of pyridine rings is 1. The van der Waals surface area contributed by atoms with Crippen LogP contribution in [-0.2, 0) is 11.8 Å². The van der Waals surface area contributed by atoms with Crippen LogP contribution >= 0.6 is 15.9 Å². The van der Waals surface area contributed by atoms with Crippen molar-refractivity contribution in [2.45, 2.75) is 46.5 Å². The smallest absolute Gasteiger partial charge is 0.137 e. The topological polar surface area (TPSA) is 27.1 Å². The zero-order valence-corrected chi connectivity index (χ0v) is 25.9. The largest absolute Gasteiger partial charge is 0.457 e. The summed E-state index contributed by atoms with van der Waals surface area (Å²) in [5.74, 6) is 3.01. The normalized spacial score (nSPS) is 12.0. The van der Waals surface area contributed by atoms with Gasteiger partial charge < -0.3 is 4.74 Å². The maximum absolute atomic E-state index is 6.28. The van der Waals surface area contributed by atoms with Crippen LogP contribution in [0, 0.1) is 5.92 Å². The van der Waals surface area contributed by atoms with E-state index in [9.17, 15) is 0 Å². The first kappa shape index (κ1) is 27.3. The van der Waals surface area contributed by atoms with Gasteiger partial charge in [-0.15, -0.1) is 0 Å². The maximum atomic E-state index is 6.28. The Morgan fingerprint density at radius 2 is 1.51 bits per heavy atom. The van der Waals surface area contributed by atoms with Crippen molar-refractivity contribution in [2.24, 2.45) is 5.92 Å². The number of hydrogen-bond donors (Lipinski definition) is 0. The molecule has 0 saturated heterocycles. The van der Waals surface area contributed by atoms with Gasteiger partial charge in [0.25, 0.3) is 0 Å². The van der Waals surface area contributed by atoms with Gasteiger partial charge in [-0.25, -0.2) is 4.98 Å². The summed E-state index contributed by atoms with van der Waals surface area (Å²) in [5.41, 5.74) is 7.37. The second kappa shape index (κ2) is 10.8. The van der Waals surface area contributed by atoms with Crippen LogP contribution in [0.1, 0.15) is 45.7 Å². The summed E-state index contributed by atoms with van der Waals surface area (Å²) in [6, 6.07) is 34.1. The molecule has 0 N–H and O–H groups in total. The average Bonchev–Trinajstić information content (AvgIpc) is 3.26. The van der Waals surface area contributed by atoms with E-state index in [1.807, 2.05) is 30.3 Å². The van der Waals surface area contributed by atoms with Gasteiger partial charge in [0.1, 0.15) is 17.3 Å². The fourth-order valence-electron chi connectivity index (χ4n) is 5.55. The average molecular weight is 604 g/mol. The third-order valence-corrected chi connectivity index (χ3v) is 8.06. The standard InChI is InChI=1S/C37H35BrN2O/c1-24(2)19-26-20-36(39-23-33(26)25-13-15-27(16-14-25)37(3,4)5)40-34-12-7-6-11-31(34)32-18-17-30(22-35(32)40)41-29-10-8-9-28(38)21-29/h6-18,20-24H,19H2,1-5H3. The number of nitrogens with zero attached hydrogens (tertiary/aromatic N) is 2. The molecule has 6 aromatic rings. The molecule has 4 aromatic carbocycles. The first-order valence-electron chi connectivity index (χ1n) is 14.2. The molecular formula is C37H35BrN2O. The zero-order chi connectivity index (χ0) is 28.7. The van der Waals surface area contributed by atoms with E-state index < -0.39 is 0 Å². The van der Waals surface area contributed by atoms with E-state index in [4.69, 9.17) is 9.72 Å². The first-order chi connectivity index (χ1) is 19.7. The molecule has 0 spiro atoms. The van der Waals surface area contributed by atoms with Crippen LogP contribution in [0.15, 0.2) is 108 Å². The van der Waals surface area contributed by atoms with E-state index in [0.717, 1.165) is 39.2 Å². The Morgan fingerprint density at radius 1 is 0.780 bits per heavy atom. The van der Waals surface area contributed by atoms with Gasteiger partial charge in [-0.1, -0.05) is 99.1 Å². The fourth-order valence-corrected chi connectivity index (χ4v) is 5.93. The Hall–Kier alpha value is -3.89. The number of hydrogen-bond acceptors (Lipinski definition) is 2. The molecule has 0 atom stereocenters. The highest BCUT2D eigenvalue weighted by molar-refractivity contribution is 9.10. The number of rotatable bonds is 6. The molecule has 0 fully saturated rings. The van der Waals surface area contributed by atoms with Crippen LogP contribution < -0.4 is 4.74 Å². The van der Waals surface area contributed by atoms with Crippen LogP contribution in [0.3, 0.4) is 0 Å². The molecule has 0 bridgehead atoms. The molecule has 0 aliphatic carbocycles. The molecule has 0 saturated carbocycles. The van der Waals surface area contributed by atoms with Gasteiger partial charge in [0, 0.05) is 33.1 Å². The predicted octanol–water partition coefficient (Wildman–Crippen LogP) is 10.9. The molecule has 41 heavy (non-hydrogen) atoms. The van der Waals surface area contributed by atoms with E-state index in [1.54, 1.807) is 0 Å². The Morgan fingerprint density at radius 3 is 2.24 bits per heavy atom. The van der Waals surface area contributed by atoms with Crippen LogP contribution in [0.5, 0.6) is 11.5 Å². The number of fused-ring (bicyclic) bond motifs is 3. The summed E-state index contributed by atoms with van der Waals surface area (Å²) in [4.78, 5) is 5.08. The van der Waals surface area contributed by atoms with Crippen LogP contribution in [0.4, 0.5) is 0 Å². The van der Waals surface area contributed by atoms with Crippen LogP contribution in [0.2, 0.25) is 0 Å². The summed E-state index contributed by atoms with van der Waals surface area (Å²) in [6.45, 7) is 11.3. The third-order valence-electron chi connectivity index (χ3n) is 7.57. The van der Waals surface area contributed by atoms with Crippen molar-refractivity contribution in [3.05, 3.63) is 119 Å². The molecule has 4 heteroatoms. The number of benzene rings is 4. The summed E-state index contributed by atoms with van der Waals surface area (Å²) in [7, 11) is 0. The van der Waals surface area contributed by atoms with Crippen LogP contribution in [-0.4, -0.2) is 9.55 Å². The number of halogens is 1. The summed E-state index contributed by atoms with van der Waals surface area (Å²) >= 11 is 3.55. The zero-order valence-electron chi connectivity index (χ0n) is 24.3. The Bertz CT molecular complexity index is 1860. The lowest BCUT2D eigenvalue weighted by Crippen LogP contribution is -2.10. The first-order valence-corrected chi connectivity index (χ1v) is 15.0. The molecule has 2 heterocycles. The predicted molar refractivity (Wildman–Crippen MR) is 175 cm³/mol. The minimum Gasteiger partial charge on any atom is -0.457 e. The molecule has 0 unspecified atom stereocenters. The van der Waals surface area contributed by atoms with Crippen molar-refractivity contribution in [3.63, 3.8) is 0 Å². The van der Waals surface area contributed by atoms with Crippen molar-refractivity contribution in [1.29, 1.82) is 0 Å². The molecule has 206 valence electrons. The molecule has 0 amide bonds. The van der Waals surface area contributed by atoms with E-state index in [1.165, 1.54) is 33.0 Å². The summed E-state index contributed by atoms with van der Waals surface area (Å²) in [6.07, 6.45) is 3.03. The Balaban J connectivity index is 1.50. The molecule has 6 rings (SSSR count). The van der Waals surface area contributed by atoms with E-state index in [-0.39, 0.29) is 5.41 Å². The minimum absolute atomic E-state index is 0.123. The van der Waals surface area contributed by atoms with Crippen molar-refractivity contribution >= 4 is 37.7 Å². The van der Waals surface area contributed by atoms with Crippen molar-refractivity contribution in [1.82, 2.24) is 9.55 Å². The van der Waals surface area contributed by atoms with Gasteiger partial charge in [-0.3, -0.25) is 4.57 Å². The van der Waals surface area contributed by atoms with Gasteiger partial charge in [0.05, 0.1) is 11.0 Å². The molecule has 3 nitrogen and oxygen atoms in total. The highest BCUT2D eigenvalue weighted by Gasteiger charge is 2.18. The highest BCUT2D eigenvalue weighted by Crippen LogP contribution is 2.37. The number of para-hydroxylation sites is 1. The van der Waals surface area contributed by atoms with Crippen molar-refractivity contribution in [2.75, 3.05) is 0 Å².